The van der Waals surface area contributed by atoms with Gasteiger partial charge in [-0.1, -0.05) is 6.92 Å². The fourth-order valence-corrected chi connectivity index (χ4v) is 1.68. The summed E-state index contributed by atoms with van der Waals surface area (Å²) in [5.41, 5.74) is -0.537. The molecule has 0 aliphatic carbocycles. The van der Waals surface area contributed by atoms with E-state index in [4.69, 9.17) is 10.2 Å². The van der Waals surface area contributed by atoms with Crippen molar-refractivity contribution in [3.8, 4) is 0 Å². The molecule has 0 aromatic carbocycles. The molecule has 0 aliphatic heterocycles. The van der Waals surface area contributed by atoms with Crippen molar-refractivity contribution in [1.82, 2.24) is 5.32 Å². The molecule has 0 heterocycles. The van der Waals surface area contributed by atoms with Crippen molar-refractivity contribution in [2.75, 3.05) is 38.3 Å². The van der Waals surface area contributed by atoms with Crippen LogP contribution in [0.2, 0.25) is 0 Å². The van der Waals surface area contributed by atoms with Gasteiger partial charge in [0.1, 0.15) is 9.84 Å². The van der Waals surface area contributed by atoms with Crippen LogP contribution in [0.4, 0.5) is 0 Å². The van der Waals surface area contributed by atoms with Gasteiger partial charge >= 0.3 is 0 Å². The quantitative estimate of drug-likeness (QED) is 0.473. The van der Waals surface area contributed by atoms with Gasteiger partial charge in [-0.3, -0.25) is 0 Å². The van der Waals surface area contributed by atoms with Gasteiger partial charge in [0.2, 0.25) is 0 Å². The molecule has 0 amide bonds. The summed E-state index contributed by atoms with van der Waals surface area (Å²) in [6.07, 6.45) is 1.75. The fourth-order valence-electron chi connectivity index (χ4n) is 1.01. The van der Waals surface area contributed by atoms with Gasteiger partial charge < -0.3 is 15.5 Å². The predicted octanol–water partition coefficient (Wildman–Crippen LogP) is -0.998. The Labute approximate surface area is 91.4 Å². The average molecular weight is 239 g/mol. The molecule has 0 radical (unpaired) electrons. The molecule has 0 saturated heterocycles. The summed E-state index contributed by atoms with van der Waals surface area (Å²) in [6.45, 7) is 2.62. The van der Waals surface area contributed by atoms with E-state index in [2.05, 4.69) is 5.32 Å². The van der Waals surface area contributed by atoms with Crippen LogP contribution in [0.25, 0.3) is 0 Å². The van der Waals surface area contributed by atoms with Crippen LogP contribution in [-0.4, -0.2) is 56.9 Å². The molecule has 3 N–H and O–H groups in total. The number of aliphatic hydroxyl groups is 2. The van der Waals surface area contributed by atoms with Crippen LogP contribution >= 0.6 is 0 Å². The van der Waals surface area contributed by atoms with Gasteiger partial charge in [0.25, 0.3) is 0 Å². The van der Waals surface area contributed by atoms with Crippen LogP contribution in [0.1, 0.15) is 13.3 Å². The lowest BCUT2D eigenvalue weighted by atomic mass is 9.93. The Balaban J connectivity index is 3.63. The molecule has 6 heteroatoms. The van der Waals surface area contributed by atoms with E-state index in [1.54, 1.807) is 6.92 Å². The third-order valence-electron chi connectivity index (χ3n) is 2.18. The molecule has 0 atom stereocenters. The van der Waals surface area contributed by atoms with Crippen LogP contribution in [0.5, 0.6) is 0 Å². The van der Waals surface area contributed by atoms with Crippen LogP contribution in [0, 0.1) is 5.41 Å². The van der Waals surface area contributed by atoms with E-state index in [9.17, 15) is 8.42 Å². The van der Waals surface area contributed by atoms with Gasteiger partial charge in [-0.15, -0.1) is 0 Å². The predicted molar refractivity (Wildman–Crippen MR) is 59.5 cm³/mol. The Morgan fingerprint density at radius 3 is 2.20 bits per heavy atom. The first kappa shape index (κ1) is 14.8. The molecule has 0 aromatic heterocycles. The molecular weight excluding hydrogens is 218 g/mol. The fraction of sp³-hybridized carbons (Fsp3) is 1.00. The first-order chi connectivity index (χ1) is 6.83. The highest BCUT2D eigenvalue weighted by Crippen LogP contribution is 2.11. The highest BCUT2D eigenvalue weighted by atomic mass is 32.2. The Kier molecular flexibility index (Phi) is 6.35. The molecule has 0 bridgehead atoms. The second-order valence-corrected chi connectivity index (χ2v) is 6.55. The van der Waals surface area contributed by atoms with Crippen molar-refractivity contribution in [2.45, 2.75) is 13.3 Å². The minimum absolute atomic E-state index is 0.0947. The molecule has 92 valence electrons. The Hall–Kier alpha value is -0.170. The molecule has 0 unspecified atom stereocenters. The SMILES string of the molecule is CC(CO)(CO)CNCCCS(C)(=O)=O. The summed E-state index contributed by atoms with van der Waals surface area (Å²) >= 11 is 0. The highest BCUT2D eigenvalue weighted by molar-refractivity contribution is 7.90. The van der Waals surface area contributed by atoms with Gasteiger partial charge in [-0.05, 0) is 13.0 Å². The lowest BCUT2D eigenvalue weighted by Gasteiger charge is -2.24. The number of hydrogen-bond acceptors (Lipinski definition) is 5. The Morgan fingerprint density at radius 1 is 1.27 bits per heavy atom. The summed E-state index contributed by atoms with van der Waals surface area (Å²) in [7, 11) is -2.89. The summed E-state index contributed by atoms with van der Waals surface area (Å²) in [6, 6.07) is 0. The van der Waals surface area contributed by atoms with E-state index in [0.717, 1.165) is 0 Å². The zero-order chi connectivity index (χ0) is 11.9. The summed E-state index contributed by atoms with van der Waals surface area (Å²) < 4.78 is 21.6. The molecule has 5 nitrogen and oxygen atoms in total. The van der Waals surface area contributed by atoms with Crippen molar-refractivity contribution >= 4 is 9.84 Å². The van der Waals surface area contributed by atoms with Crippen molar-refractivity contribution in [3.63, 3.8) is 0 Å². The second-order valence-electron chi connectivity index (χ2n) is 4.29. The van der Waals surface area contributed by atoms with Crippen molar-refractivity contribution in [1.29, 1.82) is 0 Å². The van der Waals surface area contributed by atoms with Crippen LogP contribution in [-0.2, 0) is 9.84 Å². The monoisotopic (exact) mass is 239 g/mol. The largest absolute Gasteiger partial charge is 0.396 e. The zero-order valence-electron chi connectivity index (χ0n) is 9.36. The van der Waals surface area contributed by atoms with Gasteiger partial charge in [-0.25, -0.2) is 8.42 Å². The topological polar surface area (TPSA) is 86.6 Å². The zero-order valence-corrected chi connectivity index (χ0v) is 10.2. The van der Waals surface area contributed by atoms with Gasteiger partial charge in [0, 0.05) is 18.2 Å². The Bertz CT molecular complexity index is 259. The molecule has 0 fully saturated rings. The van der Waals surface area contributed by atoms with Gasteiger partial charge in [-0.2, -0.15) is 0 Å². The van der Waals surface area contributed by atoms with E-state index < -0.39 is 15.3 Å². The Morgan fingerprint density at radius 2 is 1.80 bits per heavy atom. The maximum atomic E-state index is 10.8. The first-order valence-corrected chi connectivity index (χ1v) is 6.99. The third kappa shape index (κ3) is 7.72. The number of hydrogen-bond donors (Lipinski definition) is 3. The normalized spacial score (nSPS) is 13.1. The first-order valence-electron chi connectivity index (χ1n) is 4.93. The minimum atomic E-state index is -2.89. The summed E-state index contributed by atoms with van der Waals surface area (Å²) in [4.78, 5) is 0. The molecule has 0 aliphatic rings. The number of nitrogens with one attached hydrogen (secondary N) is 1. The summed E-state index contributed by atoms with van der Waals surface area (Å²) in [5.74, 6) is 0.162. The van der Waals surface area contributed by atoms with Crippen LogP contribution < -0.4 is 5.32 Å². The van der Waals surface area contributed by atoms with Crippen LogP contribution in [0.3, 0.4) is 0 Å². The number of rotatable bonds is 8. The van der Waals surface area contributed by atoms with Crippen molar-refractivity contribution < 1.29 is 18.6 Å². The third-order valence-corrected chi connectivity index (χ3v) is 3.21. The van der Waals surface area contributed by atoms with E-state index in [1.165, 1.54) is 6.26 Å². The molecule has 0 saturated carbocycles. The van der Waals surface area contributed by atoms with Crippen molar-refractivity contribution in [3.05, 3.63) is 0 Å². The van der Waals surface area contributed by atoms with Gasteiger partial charge in [0.05, 0.1) is 19.0 Å². The van der Waals surface area contributed by atoms with E-state index in [-0.39, 0.29) is 19.0 Å². The summed E-state index contributed by atoms with van der Waals surface area (Å²) in [5, 5.41) is 21.0. The smallest absolute Gasteiger partial charge is 0.147 e. The van der Waals surface area contributed by atoms with Crippen molar-refractivity contribution in [2.24, 2.45) is 5.41 Å². The number of aliphatic hydroxyl groups excluding tert-OH is 2. The lowest BCUT2D eigenvalue weighted by Crippen LogP contribution is -2.38. The molecule has 15 heavy (non-hydrogen) atoms. The van der Waals surface area contributed by atoms with E-state index in [1.807, 2.05) is 0 Å². The van der Waals surface area contributed by atoms with Gasteiger partial charge in [0.15, 0.2) is 0 Å². The maximum Gasteiger partial charge on any atom is 0.147 e. The van der Waals surface area contributed by atoms with E-state index in [0.29, 0.717) is 19.5 Å². The van der Waals surface area contributed by atoms with Crippen LogP contribution in [0.15, 0.2) is 0 Å². The number of sulfone groups is 1. The standard InChI is InChI=1S/C9H21NO4S/c1-9(7-11,8-12)6-10-4-3-5-15(2,13)14/h10-12H,3-8H2,1-2H3. The maximum absolute atomic E-state index is 10.8. The lowest BCUT2D eigenvalue weighted by molar-refractivity contribution is 0.0700. The molecule has 0 spiro atoms. The average Bonchev–Trinajstić information content (AvgIpc) is 2.15. The minimum Gasteiger partial charge on any atom is -0.396 e. The second kappa shape index (κ2) is 6.42. The highest BCUT2D eigenvalue weighted by Gasteiger charge is 2.21. The molecule has 0 aromatic rings. The molecule has 0 rings (SSSR count). The van der Waals surface area contributed by atoms with E-state index >= 15 is 0 Å². The molecular formula is C9H21NO4S.